The predicted octanol–water partition coefficient (Wildman–Crippen LogP) is 3.03. The minimum absolute atomic E-state index is 0.0405. The Hall–Kier alpha value is -3.42. The molecular weight excluding hydrogens is 396 g/mol. The van der Waals surface area contributed by atoms with Crippen LogP contribution in [0.25, 0.3) is 0 Å². The normalized spacial score (nSPS) is 21.2. The number of hydrogen-bond acceptors (Lipinski definition) is 4. The second-order valence-corrected chi connectivity index (χ2v) is 8.03. The van der Waals surface area contributed by atoms with E-state index in [1.54, 1.807) is 6.20 Å². The number of aromatic nitrogens is 2. The highest BCUT2D eigenvalue weighted by molar-refractivity contribution is 6.07. The first kappa shape index (κ1) is 22.3. The first-order valence-corrected chi connectivity index (χ1v) is 10.3. The maximum Gasteiger partial charge on any atom is 0.290 e. The summed E-state index contributed by atoms with van der Waals surface area (Å²) in [6.07, 6.45) is 7.42. The summed E-state index contributed by atoms with van der Waals surface area (Å²) in [6.45, 7) is 4.37. The lowest BCUT2D eigenvalue weighted by Gasteiger charge is -2.33. The Bertz CT molecular complexity index is 1010. The molecule has 2 N–H and O–H groups in total. The van der Waals surface area contributed by atoms with Gasteiger partial charge in [-0.2, -0.15) is 0 Å². The fourth-order valence-corrected chi connectivity index (χ4v) is 4.58. The number of aryl methyl sites for hydroxylation is 1. The smallest absolute Gasteiger partial charge is 0.290 e. The highest BCUT2D eigenvalue weighted by atomic mass is 16.3. The molecule has 0 bridgehead atoms. The van der Waals surface area contributed by atoms with Crippen LogP contribution >= 0.6 is 0 Å². The lowest BCUT2D eigenvalue weighted by Crippen LogP contribution is -2.43. The Morgan fingerprint density at radius 2 is 2.06 bits per heavy atom. The first-order chi connectivity index (χ1) is 14.9. The van der Waals surface area contributed by atoms with Gasteiger partial charge in [-0.15, -0.1) is 0 Å². The van der Waals surface area contributed by atoms with Crippen LogP contribution in [0.15, 0.2) is 48.3 Å². The standard InChI is InChI=1S/C22H26N4O2.CH2O2/c1-15(2)7-6-10-18(27)26-13-11-22(19(26)20-23-12-14-25(20)3)16-8-4-5-9-17(16)24-21(22)28;2-1-3/h4-5,7-9,12,14,19H,6,10-11,13H2,1-3H3,(H,24,28);1H,(H,2,3)/t19-,22+;/m0./s1. The van der Waals surface area contributed by atoms with Crippen molar-refractivity contribution < 1.29 is 19.5 Å². The van der Waals surface area contributed by atoms with Gasteiger partial charge in [-0.05, 0) is 38.3 Å². The van der Waals surface area contributed by atoms with Gasteiger partial charge < -0.3 is 19.9 Å². The molecule has 2 amide bonds. The maximum absolute atomic E-state index is 13.2. The number of hydrogen-bond donors (Lipinski definition) is 2. The summed E-state index contributed by atoms with van der Waals surface area (Å²) < 4.78 is 1.92. The van der Waals surface area contributed by atoms with E-state index in [0.29, 0.717) is 25.8 Å². The molecule has 4 rings (SSSR count). The number of likely N-dealkylation sites (tertiary alicyclic amines) is 1. The average molecular weight is 425 g/mol. The number of carbonyl (C=O) groups excluding carboxylic acids is 2. The number of nitrogens with zero attached hydrogens (tertiary/aromatic N) is 3. The van der Waals surface area contributed by atoms with Crippen LogP contribution in [0.3, 0.4) is 0 Å². The van der Waals surface area contributed by atoms with Crippen LogP contribution in [-0.4, -0.2) is 44.4 Å². The Kier molecular flexibility index (Phi) is 6.58. The molecule has 0 saturated carbocycles. The molecule has 8 heteroatoms. The summed E-state index contributed by atoms with van der Waals surface area (Å²) in [5, 5.41) is 9.92. The van der Waals surface area contributed by atoms with Gasteiger partial charge in [0.2, 0.25) is 11.8 Å². The van der Waals surface area contributed by atoms with Crippen molar-refractivity contribution in [3.63, 3.8) is 0 Å². The summed E-state index contributed by atoms with van der Waals surface area (Å²) in [5.41, 5.74) is 2.22. The number of carboxylic acid groups (broad SMARTS) is 1. The molecule has 1 aromatic carbocycles. The van der Waals surface area contributed by atoms with Gasteiger partial charge in [-0.25, -0.2) is 4.98 Å². The van der Waals surface area contributed by atoms with Gasteiger partial charge in [0, 0.05) is 38.1 Å². The van der Waals surface area contributed by atoms with Crippen LogP contribution in [0.4, 0.5) is 5.69 Å². The molecule has 1 aromatic heterocycles. The van der Waals surface area contributed by atoms with Gasteiger partial charge in [0.25, 0.3) is 6.47 Å². The number of anilines is 1. The summed E-state index contributed by atoms with van der Waals surface area (Å²) >= 11 is 0. The molecule has 0 unspecified atom stereocenters. The topological polar surface area (TPSA) is 105 Å². The van der Waals surface area contributed by atoms with Crippen molar-refractivity contribution in [2.45, 2.75) is 44.6 Å². The van der Waals surface area contributed by atoms with E-state index in [2.05, 4.69) is 16.4 Å². The second-order valence-electron chi connectivity index (χ2n) is 8.03. The third-order valence-corrected chi connectivity index (χ3v) is 5.92. The largest absolute Gasteiger partial charge is 0.483 e. The quantitative estimate of drug-likeness (QED) is 0.580. The third-order valence-electron chi connectivity index (χ3n) is 5.92. The van der Waals surface area contributed by atoms with Gasteiger partial charge in [-0.3, -0.25) is 14.4 Å². The molecule has 31 heavy (non-hydrogen) atoms. The molecule has 3 heterocycles. The number of allylic oxidation sites excluding steroid dienone is 2. The zero-order chi connectivity index (χ0) is 22.6. The molecule has 0 aliphatic carbocycles. The Morgan fingerprint density at radius 1 is 1.35 bits per heavy atom. The Morgan fingerprint density at radius 3 is 2.71 bits per heavy atom. The second kappa shape index (κ2) is 9.16. The number of benzene rings is 1. The summed E-state index contributed by atoms with van der Waals surface area (Å²) in [4.78, 5) is 41.1. The van der Waals surface area contributed by atoms with E-state index in [0.717, 1.165) is 17.1 Å². The zero-order valence-corrected chi connectivity index (χ0v) is 18.0. The van der Waals surface area contributed by atoms with Crippen LogP contribution in [-0.2, 0) is 26.8 Å². The molecule has 2 aromatic rings. The van der Waals surface area contributed by atoms with Crippen molar-refractivity contribution in [3.8, 4) is 0 Å². The van der Waals surface area contributed by atoms with Crippen LogP contribution in [0, 0.1) is 0 Å². The predicted molar refractivity (Wildman–Crippen MR) is 116 cm³/mol. The Balaban J connectivity index is 0.000000858. The molecule has 1 spiro atoms. The molecule has 1 saturated heterocycles. The van der Waals surface area contributed by atoms with E-state index >= 15 is 0 Å². The van der Waals surface area contributed by atoms with Gasteiger partial charge in [0.1, 0.15) is 17.3 Å². The average Bonchev–Trinajstić information content (AvgIpc) is 3.39. The number of fused-ring (bicyclic) bond motifs is 2. The summed E-state index contributed by atoms with van der Waals surface area (Å²) in [5.74, 6) is 0.778. The lowest BCUT2D eigenvalue weighted by atomic mass is 9.74. The zero-order valence-electron chi connectivity index (χ0n) is 18.0. The van der Waals surface area contributed by atoms with Crippen LogP contribution in [0.5, 0.6) is 0 Å². The highest BCUT2D eigenvalue weighted by Crippen LogP contribution is 2.54. The van der Waals surface area contributed by atoms with Crippen molar-refractivity contribution in [1.82, 2.24) is 14.5 Å². The third kappa shape index (κ3) is 3.97. The van der Waals surface area contributed by atoms with Crippen molar-refractivity contribution in [2.24, 2.45) is 7.05 Å². The van der Waals surface area contributed by atoms with Crippen molar-refractivity contribution in [3.05, 3.63) is 59.7 Å². The maximum atomic E-state index is 13.2. The fraction of sp³-hybridized carbons (Fsp3) is 0.391. The van der Waals surface area contributed by atoms with Crippen LogP contribution < -0.4 is 5.32 Å². The van der Waals surface area contributed by atoms with Crippen molar-refractivity contribution >= 4 is 24.0 Å². The van der Waals surface area contributed by atoms with Gasteiger partial charge in [0.15, 0.2) is 0 Å². The number of amides is 2. The molecule has 8 nitrogen and oxygen atoms in total. The number of rotatable bonds is 4. The Labute approximate surface area is 181 Å². The van der Waals surface area contributed by atoms with E-state index in [9.17, 15) is 9.59 Å². The summed E-state index contributed by atoms with van der Waals surface area (Å²) in [6, 6.07) is 7.40. The highest BCUT2D eigenvalue weighted by Gasteiger charge is 2.60. The number of nitrogens with one attached hydrogen (secondary N) is 1. The van der Waals surface area contributed by atoms with E-state index in [1.165, 1.54) is 5.57 Å². The van der Waals surface area contributed by atoms with E-state index in [-0.39, 0.29) is 18.3 Å². The summed E-state index contributed by atoms with van der Waals surface area (Å²) in [7, 11) is 1.92. The lowest BCUT2D eigenvalue weighted by molar-refractivity contribution is -0.133. The minimum atomic E-state index is -0.790. The number of para-hydroxylation sites is 1. The molecule has 164 valence electrons. The monoisotopic (exact) mass is 424 g/mol. The molecular formula is C23H28N4O4. The van der Waals surface area contributed by atoms with Crippen molar-refractivity contribution in [1.29, 1.82) is 0 Å². The van der Waals surface area contributed by atoms with Gasteiger partial charge in [0.05, 0.1) is 0 Å². The van der Waals surface area contributed by atoms with Gasteiger partial charge >= 0.3 is 0 Å². The SMILES string of the molecule is CC(C)=CCCC(=O)N1CC[C@]2(C(=O)Nc3ccccc32)[C@@H]1c1nccn1C.O=CO. The molecule has 2 atom stereocenters. The van der Waals surface area contributed by atoms with E-state index in [4.69, 9.17) is 9.90 Å². The van der Waals surface area contributed by atoms with Crippen LogP contribution in [0.2, 0.25) is 0 Å². The molecule has 2 aliphatic heterocycles. The number of imidazole rings is 1. The van der Waals surface area contributed by atoms with E-state index in [1.807, 2.05) is 60.8 Å². The van der Waals surface area contributed by atoms with E-state index < -0.39 is 11.5 Å². The molecule has 2 aliphatic rings. The van der Waals surface area contributed by atoms with Crippen LogP contribution in [0.1, 0.15) is 50.5 Å². The molecule has 0 radical (unpaired) electrons. The van der Waals surface area contributed by atoms with Crippen molar-refractivity contribution in [2.75, 3.05) is 11.9 Å². The fourth-order valence-electron chi connectivity index (χ4n) is 4.58. The van der Waals surface area contributed by atoms with Gasteiger partial charge in [-0.1, -0.05) is 29.8 Å². The minimum Gasteiger partial charge on any atom is -0.483 e. The first-order valence-electron chi connectivity index (χ1n) is 10.3. The molecule has 1 fully saturated rings. The number of carbonyl (C=O) groups is 3.